The van der Waals surface area contributed by atoms with E-state index >= 15 is 0 Å². The summed E-state index contributed by atoms with van der Waals surface area (Å²) in [6, 6.07) is 12.4. The quantitative estimate of drug-likeness (QED) is 0.436. The molecule has 0 radical (unpaired) electrons. The van der Waals surface area contributed by atoms with Gasteiger partial charge in [0.2, 0.25) is 0 Å². The third-order valence-electron chi connectivity index (χ3n) is 6.63. The number of carboxylic acid groups (broad SMARTS) is 1. The minimum absolute atomic E-state index is 0.264. The Bertz CT molecular complexity index is 1240. The van der Waals surface area contributed by atoms with Gasteiger partial charge in [-0.15, -0.1) is 0 Å². The molecule has 10 heteroatoms. The average molecular weight is 571 g/mol. The van der Waals surface area contributed by atoms with Crippen LogP contribution >= 0.6 is 23.2 Å². The molecule has 1 aliphatic rings. The predicted molar refractivity (Wildman–Crippen MR) is 145 cm³/mol. The Labute approximate surface area is 228 Å². The molecule has 7 nitrogen and oxygen atoms in total. The molecule has 3 rings (SSSR count). The number of benzene rings is 2. The highest BCUT2D eigenvalue weighted by atomic mass is 35.5. The van der Waals surface area contributed by atoms with E-state index < -0.39 is 57.2 Å². The molecule has 1 N–H and O–H groups in total. The average Bonchev–Trinajstić information content (AvgIpc) is 2.78. The van der Waals surface area contributed by atoms with E-state index in [-0.39, 0.29) is 11.7 Å². The molecule has 2 aromatic rings. The van der Waals surface area contributed by atoms with Crippen LogP contribution < -0.4 is 0 Å². The molecule has 0 aromatic heterocycles. The Hall–Kier alpha value is -2.13. The van der Waals surface area contributed by atoms with Gasteiger partial charge in [0, 0.05) is 16.1 Å². The summed E-state index contributed by atoms with van der Waals surface area (Å²) in [4.78, 5) is 27.1. The molecule has 1 unspecified atom stereocenters. The van der Waals surface area contributed by atoms with Crippen molar-refractivity contribution in [3.05, 3.63) is 69.7 Å². The standard InChI is InChI=1S/C27H33Cl2NO6S/c1-16(2)21(15-37(34,35)27(3,4)5)30-24(17-9-11-19(28)12-10-17)25(18-7-6-8-20(29)13-18)36-22(26(30)33)14-23(31)32/h6-13,16,21-22,24-25H,14-15H2,1-5H3,(H,31,32)/t21-,22+,24+,25?/m0/s1. The zero-order valence-corrected chi connectivity index (χ0v) is 23.8. The van der Waals surface area contributed by atoms with Crippen molar-refractivity contribution < 1.29 is 27.9 Å². The topological polar surface area (TPSA) is 101 Å². The van der Waals surface area contributed by atoms with E-state index in [2.05, 4.69) is 0 Å². The van der Waals surface area contributed by atoms with E-state index in [9.17, 15) is 23.1 Å². The van der Waals surface area contributed by atoms with Crippen LogP contribution in [0.25, 0.3) is 0 Å². The fourth-order valence-electron chi connectivity index (χ4n) is 4.43. The first-order valence-corrected chi connectivity index (χ1v) is 14.5. The maximum absolute atomic E-state index is 13.9. The van der Waals surface area contributed by atoms with Gasteiger partial charge in [0.25, 0.3) is 5.91 Å². The monoisotopic (exact) mass is 569 g/mol. The molecule has 1 heterocycles. The number of morpholine rings is 1. The van der Waals surface area contributed by atoms with E-state index in [0.717, 1.165) is 0 Å². The number of sulfone groups is 1. The molecule has 202 valence electrons. The Morgan fingerprint density at radius 2 is 1.68 bits per heavy atom. The Balaban J connectivity index is 2.26. The fourth-order valence-corrected chi connectivity index (χ4v) is 6.25. The van der Waals surface area contributed by atoms with E-state index in [1.807, 2.05) is 13.8 Å². The van der Waals surface area contributed by atoms with Crippen molar-refractivity contribution >= 4 is 44.9 Å². The van der Waals surface area contributed by atoms with Gasteiger partial charge in [-0.3, -0.25) is 9.59 Å². The number of carbonyl (C=O) groups is 2. The summed E-state index contributed by atoms with van der Waals surface area (Å²) >= 11 is 12.4. The van der Waals surface area contributed by atoms with Crippen molar-refractivity contribution in [1.82, 2.24) is 4.90 Å². The van der Waals surface area contributed by atoms with Crippen LogP contribution in [0.1, 0.15) is 64.3 Å². The number of hydrogen-bond donors (Lipinski definition) is 1. The van der Waals surface area contributed by atoms with Gasteiger partial charge in [-0.05, 0) is 62.1 Å². The van der Waals surface area contributed by atoms with E-state index in [1.165, 1.54) is 4.90 Å². The van der Waals surface area contributed by atoms with Gasteiger partial charge in [0.15, 0.2) is 9.84 Å². The smallest absolute Gasteiger partial charge is 0.306 e. The van der Waals surface area contributed by atoms with Crippen molar-refractivity contribution in [3.8, 4) is 0 Å². The first-order chi connectivity index (χ1) is 17.1. The van der Waals surface area contributed by atoms with Crippen LogP contribution in [0, 0.1) is 5.92 Å². The second kappa shape index (κ2) is 11.3. The zero-order chi connectivity index (χ0) is 27.7. The molecule has 4 atom stereocenters. The van der Waals surface area contributed by atoms with E-state index in [4.69, 9.17) is 27.9 Å². The number of nitrogens with zero attached hydrogens (tertiary/aromatic N) is 1. The molecule has 1 amide bonds. The highest BCUT2D eigenvalue weighted by Gasteiger charge is 2.49. The van der Waals surface area contributed by atoms with Gasteiger partial charge in [0.05, 0.1) is 23.0 Å². The second-order valence-corrected chi connectivity index (χ2v) is 14.3. The number of carbonyl (C=O) groups excluding carboxylic acids is 1. The highest BCUT2D eigenvalue weighted by molar-refractivity contribution is 7.92. The molecule has 1 aliphatic heterocycles. The third kappa shape index (κ3) is 6.66. The molecular formula is C27H33Cl2NO6S. The van der Waals surface area contributed by atoms with Crippen molar-refractivity contribution in [2.24, 2.45) is 5.92 Å². The van der Waals surface area contributed by atoms with Crippen molar-refractivity contribution in [1.29, 1.82) is 0 Å². The van der Waals surface area contributed by atoms with Crippen molar-refractivity contribution in [3.63, 3.8) is 0 Å². The summed E-state index contributed by atoms with van der Waals surface area (Å²) in [5.74, 6) is -2.31. The van der Waals surface area contributed by atoms with Crippen LogP contribution in [0.2, 0.25) is 10.0 Å². The minimum Gasteiger partial charge on any atom is -0.481 e. The predicted octanol–water partition coefficient (Wildman–Crippen LogP) is 5.72. The van der Waals surface area contributed by atoms with Gasteiger partial charge >= 0.3 is 5.97 Å². The molecule has 0 spiro atoms. The van der Waals surface area contributed by atoms with Crippen molar-refractivity contribution in [2.45, 2.75) is 70.1 Å². The van der Waals surface area contributed by atoms with Gasteiger partial charge in [-0.25, -0.2) is 8.42 Å². The number of amides is 1. The van der Waals surface area contributed by atoms with Crippen LogP contribution in [0.5, 0.6) is 0 Å². The molecular weight excluding hydrogens is 537 g/mol. The van der Waals surface area contributed by atoms with Gasteiger partial charge in [-0.1, -0.05) is 61.3 Å². The van der Waals surface area contributed by atoms with Gasteiger partial charge < -0.3 is 14.7 Å². The number of carboxylic acids is 1. The lowest BCUT2D eigenvalue weighted by atomic mass is 9.88. The lowest BCUT2D eigenvalue weighted by Crippen LogP contribution is -2.58. The lowest BCUT2D eigenvalue weighted by Gasteiger charge is -2.49. The van der Waals surface area contributed by atoms with E-state index in [0.29, 0.717) is 21.2 Å². The number of hydrogen-bond acceptors (Lipinski definition) is 5. The zero-order valence-electron chi connectivity index (χ0n) is 21.5. The molecule has 2 aromatic carbocycles. The summed E-state index contributed by atoms with van der Waals surface area (Å²) in [5.41, 5.74) is 1.32. The van der Waals surface area contributed by atoms with Crippen LogP contribution in [0.3, 0.4) is 0 Å². The molecule has 0 aliphatic carbocycles. The molecule has 37 heavy (non-hydrogen) atoms. The summed E-state index contributed by atoms with van der Waals surface area (Å²) in [5, 5.41) is 10.5. The van der Waals surface area contributed by atoms with E-state index in [1.54, 1.807) is 69.3 Å². The first-order valence-electron chi connectivity index (χ1n) is 12.0. The molecule has 0 saturated carbocycles. The fraction of sp³-hybridized carbons (Fsp3) is 0.481. The van der Waals surface area contributed by atoms with Crippen LogP contribution in [-0.2, 0) is 24.2 Å². The van der Waals surface area contributed by atoms with Gasteiger partial charge in [0.1, 0.15) is 12.2 Å². The Morgan fingerprint density at radius 3 is 2.19 bits per heavy atom. The lowest BCUT2D eigenvalue weighted by molar-refractivity contribution is -0.184. The summed E-state index contributed by atoms with van der Waals surface area (Å²) in [6.07, 6.45) is -2.67. The van der Waals surface area contributed by atoms with Gasteiger partial charge in [-0.2, -0.15) is 0 Å². The Kier molecular flexibility index (Phi) is 9.00. The molecule has 1 saturated heterocycles. The molecule has 0 bridgehead atoms. The second-order valence-electron chi connectivity index (χ2n) is 10.6. The third-order valence-corrected chi connectivity index (χ3v) is 9.76. The number of halogens is 2. The summed E-state index contributed by atoms with van der Waals surface area (Å²) in [6.45, 7) is 8.58. The SMILES string of the molecule is CC(C)[C@H](CS(=O)(=O)C(C)(C)C)N1C(=O)[C@@H](CC(=O)O)OC(c2cccc(Cl)c2)[C@H]1c1ccc(Cl)cc1. The minimum atomic E-state index is -3.65. The van der Waals surface area contributed by atoms with Crippen LogP contribution in [-0.4, -0.2) is 52.9 Å². The number of rotatable bonds is 8. The maximum Gasteiger partial charge on any atom is 0.306 e. The number of ether oxygens (including phenoxy) is 1. The highest BCUT2D eigenvalue weighted by Crippen LogP contribution is 2.45. The van der Waals surface area contributed by atoms with Crippen LogP contribution in [0.15, 0.2) is 48.5 Å². The summed E-state index contributed by atoms with van der Waals surface area (Å²) in [7, 11) is -3.65. The van der Waals surface area contributed by atoms with Crippen molar-refractivity contribution in [2.75, 3.05) is 5.75 Å². The maximum atomic E-state index is 13.9. The molecule has 1 fully saturated rings. The summed E-state index contributed by atoms with van der Waals surface area (Å²) < 4.78 is 31.9. The first kappa shape index (κ1) is 29.4. The number of aliphatic carboxylic acids is 1. The van der Waals surface area contributed by atoms with Crippen LogP contribution in [0.4, 0.5) is 0 Å². The Morgan fingerprint density at radius 1 is 1.05 bits per heavy atom. The largest absolute Gasteiger partial charge is 0.481 e. The normalized spacial score (nSPS) is 21.8.